The van der Waals surface area contributed by atoms with Crippen LogP contribution in [0, 0.1) is 10.1 Å². The molecule has 0 aromatic carbocycles. The molecule has 2 heterocycles. The first kappa shape index (κ1) is 14.6. The summed E-state index contributed by atoms with van der Waals surface area (Å²) in [4.78, 5) is 26.8. The summed E-state index contributed by atoms with van der Waals surface area (Å²) in [6.07, 6.45) is 0.0876. The lowest BCUT2D eigenvalue weighted by Gasteiger charge is -2.31. The van der Waals surface area contributed by atoms with Crippen molar-refractivity contribution in [2.75, 3.05) is 13.1 Å². The molecular weight excluding hydrogens is 296 g/mol. The second-order valence-corrected chi connectivity index (χ2v) is 4.84. The fraction of sp³-hybridized carbons (Fsp3) is 0.455. The fourth-order valence-corrected chi connectivity index (χ4v) is 2.11. The van der Waals surface area contributed by atoms with Crippen molar-refractivity contribution in [3.05, 3.63) is 33.1 Å². The van der Waals surface area contributed by atoms with Gasteiger partial charge in [-0.05, 0) is 0 Å². The normalized spacial score (nSPS) is 17.9. The summed E-state index contributed by atoms with van der Waals surface area (Å²) < 4.78 is 26.0. The predicted molar refractivity (Wildman–Crippen MR) is 66.0 cm³/mol. The number of carbonyl (C=O) groups is 1. The Kier molecular flexibility index (Phi) is 3.85. The maximum atomic E-state index is 13.0. The molecule has 20 heavy (non-hydrogen) atoms. The number of pyridine rings is 1. The van der Waals surface area contributed by atoms with Gasteiger partial charge in [0.1, 0.15) is 11.9 Å². The molecule has 0 saturated carbocycles. The van der Waals surface area contributed by atoms with E-state index in [4.69, 9.17) is 11.6 Å². The molecule has 1 saturated heterocycles. The van der Waals surface area contributed by atoms with Crippen LogP contribution < -0.4 is 0 Å². The van der Waals surface area contributed by atoms with Crippen LogP contribution in [-0.2, 0) is 0 Å². The Balaban J connectivity index is 2.16. The Bertz CT molecular complexity index is 558. The molecule has 1 amide bonds. The van der Waals surface area contributed by atoms with Gasteiger partial charge in [-0.3, -0.25) is 14.9 Å². The molecule has 0 unspecified atom stereocenters. The van der Waals surface area contributed by atoms with E-state index in [-0.39, 0.29) is 29.5 Å². The quantitative estimate of drug-likeness (QED) is 0.621. The zero-order valence-corrected chi connectivity index (χ0v) is 10.9. The number of piperidine rings is 1. The van der Waals surface area contributed by atoms with E-state index >= 15 is 0 Å². The van der Waals surface area contributed by atoms with Gasteiger partial charge in [0.05, 0.1) is 9.95 Å². The number of carbonyl (C=O) groups excluding carboxylic acids is 1. The molecule has 0 aliphatic carbocycles. The van der Waals surface area contributed by atoms with Crippen molar-refractivity contribution in [2.24, 2.45) is 0 Å². The maximum absolute atomic E-state index is 13.0. The fourth-order valence-electron chi connectivity index (χ4n) is 1.87. The number of hydrogen-bond acceptors (Lipinski definition) is 4. The van der Waals surface area contributed by atoms with E-state index in [9.17, 15) is 23.7 Å². The Labute approximate surface area is 117 Å². The number of aromatic nitrogens is 1. The standard InChI is InChI=1S/C11H10ClF2N3O3/c12-8-5-7(17(19)20)6-15-9(8)10(18)16-3-1-11(13,14)2-4-16/h5-6H,1-4H2. The van der Waals surface area contributed by atoms with Crippen LogP contribution in [0.15, 0.2) is 12.3 Å². The van der Waals surface area contributed by atoms with Crippen molar-refractivity contribution in [2.45, 2.75) is 18.8 Å². The Morgan fingerprint density at radius 2 is 2.05 bits per heavy atom. The van der Waals surface area contributed by atoms with Crippen molar-refractivity contribution in [1.82, 2.24) is 9.88 Å². The zero-order valence-electron chi connectivity index (χ0n) is 10.2. The van der Waals surface area contributed by atoms with E-state index in [0.717, 1.165) is 12.3 Å². The highest BCUT2D eigenvalue weighted by Gasteiger charge is 2.36. The SMILES string of the molecule is O=C(c1ncc([N+](=O)[O-])cc1Cl)N1CCC(F)(F)CC1. The van der Waals surface area contributed by atoms with Crippen LogP contribution in [-0.4, -0.2) is 39.7 Å². The molecule has 6 nitrogen and oxygen atoms in total. The molecule has 0 atom stereocenters. The Morgan fingerprint density at radius 3 is 2.55 bits per heavy atom. The van der Waals surface area contributed by atoms with Gasteiger partial charge in [0.2, 0.25) is 0 Å². The zero-order chi connectivity index (χ0) is 14.9. The molecule has 108 valence electrons. The number of rotatable bonds is 2. The first-order chi connectivity index (χ1) is 9.30. The second-order valence-electron chi connectivity index (χ2n) is 4.43. The van der Waals surface area contributed by atoms with Crippen molar-refractivity contribution >= 4 is 23.2 Å². The van der Waals surface area contributed by atoms with E-state index in [1.807, 2.05) is 0 Å². The van der Waals surface area contributed by atoms with Crippen molar-refractivity contribution in [3.8, 4) is 0 Å². The summed E-state index contributed by atoms with van der Waals surface area (Å²) in [6, 6.07) is 1.01. The molecule has 0 radical (unpaired) electrons. The van der Waals surface area contributed by atoms with Crippen LogP contribution >= 0.6 is 11.6 Å². The molecular formula is C11H10ClF2N3O3. The summed E-state index contributed by atoms with van der Waals surface area (Å²) in [5, 5.41) is 10.4. The minimum Gasteiger partial charge on any atom is -0.337 e. The molecule has 0 spiro atoms. The number of amides is 1. The van der Waals surface area contributed by atoms with E-state index < -0.39 is 29.6 Å². The smallest absolute Gasteiger partial charge is 0.289 e. The first-order valence-electron chi connectivity index (χ1n) is 5.77. The molecule has 0 bridgehead atoms. The van der Waals surface area contributed by atoms with Crippen LogP contribution in [0.4, 0.5) is 14.5 Å². The van der Waals surface area contributed by atoms with Crippen LogP contribution in [0.2, 0.25) is 5.02 Å². The number of hydrogen-bond donors (Lipinski definition) is 0. The average Bonchev–Trinajstić information content (AvgIpc) is 2.37. The molecule has 1 aliphatic rings. The Hall–Kier alpha value is -1.83. The molecule has 9 heteroatoms. The minimum absolute atomic E-state index is 0.0964. The third-order valence-electron chi connectivity index (χ3n) is 3.02. The van der Waals surface area contributed by atoms with Crippen molar-refractivity contribution in [3.63, 3.8) is 0 Å². The summed E-state index contributed by atoms with van der Waals surface area (Å²) in [5.41, 5.74) is -0.501. The highest BCUT2D eigenvalue weighted by atomic mass is 35.5. The van der Waals surface area contributed by atoms with Gasteiger partial charge in [-0.15, -0.1) is 0 Å². The van der Waals surface area contributed by atoms with Crippen LogP contribution in [0.3, 0.4) is 0 Å². The van der Waals surface area contributed by atoms with Gasteiger partial charge in [-0.2, -0.15) is 0 Å². The number of nitro groups is 1. The van der Waals surface area contributed by atoms with Gasteiger partial charge in [0.15, 0.2) is 0 Å². The van der Waals surface area contributed by atoms with E-state index in [1.165, 1.54) is 4.90 Å². The van der Waals surface area contributed by atoms with Gasteiger partial charge in [-0.25, -0.2) is 13.8 Å². The lowest BCUT2D eigenvalue weighted by atomic mass is 10.1. The summed E-state index contributed by atoms with van der Waals surface area (Å²) >= 11 is 5.78. The summed E-state index contributed by atoms with van der Waals surface area (Å²) in [7, 11) is 0. The first-order valence-corrected chi connectivity index (χ1v) is 6.15. The van der Waals surface area contributed by atoms with Crippen LogP contribution in [0.1, 0.15) is 23.3 Å². The van der Waals surface area contributed by atoms with Gasteiger partial charge < -0.3 is 4.90 Å². The van der Waals surface area contributed by atoms with E-state index in [0.29, 0.717) is 0 Å². The van der Waals surface area contributed by atoms with Gasteiger partial charge in [-0.1, -0.05) is 11.6 Å². The third-order valence-corrected chi connectivity index (χ3v) is 3.31. The predicted octanol–water partition coefficient (Wildman–Crippen LogP) is 2.51. The number of likely N-dealkylation sites (tertiary alicyclic amines) is 1. The minimum atomic E-state index is -2.76. The lowest BCUT2D eigenvalue weighted by molar-refractivity contribution is -0.385. The molecule has 1 fully saturated rings. The Morgan fingerprint density at radius 1 is 1.45 bits per heavy atom. The number of alkyl halides is 2. The van der Waals surface area contributed by atoms with Crippen LogP contribution in [0.25, 0.3) is 0 Å². The number of nitrogens with zero attached hydrogens (tertiary/aromatic N) is 3. The highest BCUT2D eigenvalue weighted by Crippen LogP contribution is 2.29. The monoisotopic (exact) mass is 305 g/mol. The van der Waals surface area contributed by atoms with Crippen molar-refractivity contribution < 1.29 is 18.5 Å². The van der Waals surface area contributed by atoms with Crippen molar-refractivity contribution in [1.29, 1.82) is 0 Å². The second kappa shape index (κ2) is 5.28. The lowest BCUT2D eigenvalue weighted by Crippen LogP contribution is -2.43. The van der Waals surface area contributed by atoms with Gasteiger partial charge in [0, 0.05) is 32.0 Å². The van der Waals surface area contributed by atoms with Crippen LogP contribution in [0.5, 0.6) is 0 Å². The van der Waals surface area contributed by atoms with Gasteiger partial charge in [0.25, 0.3) is 17.5 Å². The van der Waals surface area contributed by atoms with E-state index in [2.05, 4.69) is 4.98 Å². The molecule has 0 N–H and O–H groups in total. The maximum Gasteiger partial charge on any atom is 0.289 e. The third kappa shape index (κ3) is 3.01. The molecule has 1 aromatic heterocycles. The van der Waals surface area contributed by atoms with E-state index in [1.54, 1.807) is 0 Å². The largest absolute Gasteiger partial charge is 0.337 e. The summed E-state index contributed by atoms with van der Waals surface area (Å²) in [6.45, 7) is -0.193. The highest BCUT2D eigenvalue weighted by molar-refractivity contribution is 6.33. The molecule has 2 rings (SSSR count). The summed E-state index contributed by atoms with van der Waals surface area (Å²) in [5.74, 6) is -3.36. The average molecular weight is 306 g/mol. The molecule has 1 aliphatic heterocycles. The topological polar surface area (TPSA) is 76.3 Å². The van der Waals surface area contributed by atoms with Gasteiger partial charge >= 0.3 is 0 Å². The molecule has 1 aromatic rings. The number of halogens is 3.